The van der Waals surface area contributed by atoms with E-state index in [-0.39, 0.29) is 0 Å². The number of hydrogen-bond acceptors (Lipinski definition) is 3. The number of benzene rings is 9. The van der Waals surface area contributed by atoms with Gasteiger partial charge in [0.1, 0.15) is 11.5 Å². The van der Waals surface area contributed by atoms with Crippen LogP contribution >= 0.6 is 0 Å². The third-order valence-corrected chi connectivity index (χ3v) is 12.3. The summed E-state index contributed by atoms with van der Waals surface area (Å²) in [4.78, 5) is 10.5. The number of rotatable bonds is 5. The van der Waals surface area contributed by atoms with Gasteiger partial charge in [-0.05, 0) is 92.3 Å². The van der Waals surface area contributed by atoms with Crippen LogP contribution in [0.2, 0.25) is 0 Å². The van der Waals surface area contributed by atoms with E-state index < -0.39 is 5.41 Å². The first-order valence-corrected chi connectivity index (χ1v) is 20.5. The molecule has 0 saturated heterocycles. The Kier molecular flexibility index (Phi) is 7.76. The predicted octanol–water partition coefficient (Wildman–Crippen LogP) is 14.6. The fourth-order valence-electron chi connectivity index (χ4n) is 9.41. The Balaban J connectivity index is 1.04. The maximum atomic E-state index is 6.83. The number of ether oxygens (including phenoxy) is 1. The molecule has 3 heterocycles. The van der Waals surface area contributed by atoms with Gasteiger partial charge in [0.2, 0.25) is 0 Å². The van der Waals surface area contributed by atoms with Crippen molar-refractivity contribution in [2.24, 2.45) is 0 Å². The van der Waals surface area contributed by atoms with Crippen molar-refractivity contribution < 1.29 is 4.74 Å². The van der Waals surface area contributed by atoms with Gasteiger partial charge in [0.25, 0.3) is 0 Å². The zero-order valence-electron chi connectivity index (χ0n) is 32.6. The monoisotopic (exact) mass is 764 g/mol. The Morgan fingerprint density at radius 2 is 0.800 bits per heavy atom. The lowest BCUT2D eigenvalue weighted by atomic mass is 9.63. The molecule has 9 aromatic carbocycles. The van der Waals surface area contributed by atoms with Crippen LogP contribution in [0.4, 0.5) is 0 Å². The largest absolute Gasteiger partial charge is 0.457 e. The fraction of sp³-hybridized carbons (Fsp3) is 0.0175. The SMILES string of the molecule is c1ccc(-c2ccc3ccc4ccc(-c5cccc(-c6ccc7c(c6)C(c6ccc8ccccc8c6)(c6ccc8ccccc8c6)c6ccccc6O7)c5)nc4c3n2)cc1. The molecule has 12 rings (SSSR count). The molecule has 0 amide bonds. The first-order chi connectivity index (χ1) is 29.7. The molecule has 0 atom stereocenters. The lowest BCUT2D eigenvalue weighted by molar-refractivity contribution is 0.435. The summed E-state index contributed by atoms with van der Waals surface area (Å²) < 4.78 is 6.83. The third-order valence-electron chi connectivity index (χ3n) is 12.3. The van der Waals surface area contributed by atoms with Gasteiger partial charge in [0.15, 0.2) is 0 Å². The molecule has 11 aromatic rings. The van der Waals surface area contributed by atoms with E-state index in [9.17, 15) is 0 Å². The van der Waals surface area contributed by atoms with Crippen molar-refractivity contribution in [2.75, 3.05) is 0 Å². The van der Waals surface area contributed by atoms with Crippen molar-refractivity contribution in [3.63, 3.8) is 0 Å². The topological polar surface area (TPSA) is 35.0 Å². The molecule has 0 saturated carbocycles. The van der Waals surface area contributed by atoms with Gasteiger partial charge < -0.3 is 4.74 Å². The van der Waals surface area contributed by atoms with E-state index >= 15 is 0 Å². The molecule has 0 spiro atoms. The van der Waals surface area contributed by atoms with Gasteiger partial charge in [-0.3, -0.25) is 0 Å². The molecule has 0 fully saturated rings. The minimum Gasteiger partial charge on any atom is -0.457 e. The first kappa shape index (κ1) is 34.2. The molecule has 1 aliphatic rings. The molecule has 0 aliphatic carbocycles. The van der Waals surface area contributed by atoms with E-state index in [1.807, 2.05) is 6.07 Å². The van der Waals surface area contributed by atoms with Crippen LogP contribution in [0, 0.1) is 0 Å². The van der Waals surface area contributed by atoms with Crippen molar-refractivity contribution in [1.29, 1.82) is 0 Å². The Morgan fingerprint density at radius 3 is 1.48 bits per heavy atom. The summed E-state index contributed by atoms with van der Waals surface area (Å²) in [5, 5.41) is 6.96. The van der Waals surface area contributed by atoms with Crippen LogP contribution in [0.5, 0.6) is 11.5 Å². The van der Waals surface area contributed by atoms with Crippen LogP contribution in [0.3, 0.4) is 0 Å². The number of hydrogen-bond donors (Lipinski definition) is 0. The Morgan fingerprint density at radius 1 is 0.300 bits per heavy atom. The number of fused-ring (bicyclic) bond motifs is 7. The van der Waals surface area contributed by atoms with E-state index in [4.69, 9.17) is 14.7 Å². The molecule has 3 heteroatoms. The lowest BCUT2D eigenvalue weighted by Gasteiger charge is -2.42. The quantitative estimate of drug-likeness (QED) is 0.164. The van der Waals surface area contributed by atoms with Gasteiger partial charge in [-0.2, -0.15) is 0 Å². The second-order valence-corrected chi connectivity index (χ2v) is 15.7. The molecule has 280 valence electrons. The molecule has 0 radical (unpaired) electrons. The summed E-state index contributed by atoms with van der Waals surface area (Å²) in [5.41, 5.74) is 11.9. The minimum atomic E-state index is -0.682. The highest BCUT2D eigenvalue weighted by Gasteiger charge is 2.45. The summed E-state index contributed by atoms with van der Waals surface area (Å²) in [6.45, 7) is 0. The highest BCUT2D eigenvalue weighted by Crippen LogP contribution is 2.56. The van der Waals surface area contributed by atoms with Crippen LogP contribution in [0.25, 0.3) is 77.0 Å². The van der Waals surface area contributed by atoms with Crippen molar-refractivity contribution in [3.05, 3.63) is 241 Å². The lowest BCUT2D eigenvalue weighted by Crippen LogP contribution is -2.34. The molecule has 1 aliphatic heterocycles. The molecule has 0 N–H and O–H groups in total. The number of nitrogens with zero attached hydrogens (tertiary/aromatic N) is 2. The van der Waals surface area contributed by atoms with Gasteiger partial charge in [-0.25, -0.2) is 9.97 Å². The second-order valence-electron chi connectivity index (χ2n) is 15.7. The standard InChI is InChI=1S/C57H36N2O/c1-2-13-39(14-3-1)51-30-25-40-21-22-41-26-31-52(59-56(41)55(40)58-51)46-18-10-17-42(33-46)45-27-32-54-50(36-45)57(49-19-8-9-20-53(49)60-54,47-28-23-37-11-4-6-15-43(37)34-47)48-29-24-38-12-5-7-16-44(38)35-48/h1-36H. The summed E-state index contributed by atoms with van der Waals surface area (Å²) >= 11 is 0. The fourth-order valence-corrected chi connectivity index (χ4v) is 9.41. The van der Waals surface area contributed by atoms with Gasteiger partial charge in [0, 0.05) is 33.0 Å². The molecule has 0 unspecified atom stereocenters. The van der Waals surface area contributed by atoms with Crippen LogP contribution in [-0.4, -0.2) is 9.97 Å². The molecule has 3 nitrogen and oxygen atoms in total. The molecular formula is C57H36N2O. The highest BCUT2D eigenvalue weighted by molar-refractivity contribution is 6.04. The Bertz CT molecular complexity index is 3400. The first-order valence-electron chi connectivity index (χ1n) is 20.5. The zero-order valence-corrected chi connectivity index (χ0v) is 32.6. The van der Waals surface area contributed by atoms with Crippen LogP contribution in [0.1, 0.15) is 22.3 Å². The van der Waals surface area contributed by atoms with Gasteiger partial charge >= 0.3 is 0 Å². The van der Waals surface area contributed by atoms with Crippen LogP contribution in [-0.2, 0) is 5.41 Å². The average molecular weight is 765 g/mol. The van der Waals surface area contributed by atoms with Crippen molar-refractivity contribution in [3.8, 4) is 45.1 Å². The number of para-hydroxylation sites is 1. The molecule has 60 heavy (non-hydrogen) atoms. The van der Waals surface area contributed by atoms with E-state index in [1.165, 1.54) is 32.7 Å². The van der Waals surface area contributed by atoms with Crippen LogP contribution in [0.15, 0.2) is 218 Å². The zero-order chi connectivity index (χ0) is 39.6. The predicted molar refractivity (Wildman–Crippen MR) is 247 cm³/mol. The minimum absolute atomic E-state index is 0.682. The summed E-state index contributed by atoms with van der Waals surface area (Å²) in [6, 6.07) is 78.2. The van der Waals surface area contributed by atoms with E-state index in [2.05, 4.69) is 212 Å². The van der Waals surface area contributed by atoms with E-state index in [0.717, 1.165) is 78.1 Å². The summed E-state index contributed by atoms with van der Waals surface area (Å²) in [5.74, 6) is 1.71. The van der Waals surface area contributed by atoms with E-state index in [0.29, 0.717) is 0 Å². The number of pyridine rings is 2. The second kappa shape index (κ2) is 13.6. The molecule has 2 aromatic heterocycles. The van der Waals surface area contributed by atoms with Crippen LogP contribution < -0.4 is 4.74 Å². The van der Waals surface area contributed by atoms with Gasteiger partial charge in [-0.15, -0.1) is 0 Å². The summed E-state index contributed by atoms with van der Waals surface area (Å²) in [7, 11) is 0. The highest BCUT2D eigenvalue weighted by atomic mass is 16.5. The maximum Gasteiger partial charge on any atom is 0.132 e. The van der Waals surface area contributed by atoms with Crippen molar-refractivity contribution in [1.82, 2.24) is 9.97 Å². The average Bonchev–Trinajstić information content (AvgIpc) is 3.32. The Hall–Kier alpha value is -7.88. The maximum absolute atomic E-state index is 6.83. The summed E-state index contributed by atoms with van der Waals surface area (Å²) in [6.07, 6.45) is 0. The number of aromatic nitrogens is 2. The van der Waals surface area contributed by atoms with Crippen molar-refractivity contribution in [2.45, 2.75) is 5.41 Å². The van der Waals surface area contributed by atoms with Gasteiger partial charge in [0.05, 0.1) is 27.8 Å². The molecular weight excluding hydrogens is 729 g/mol. The third kappa shape index (κ3) is 5.44. The molecule has 0 bridgehead atoms. The smallest absolute Gasteiger partial charge is 0.132 e. The van der Waals surface area contributed by atoms with Crippen molar-refractivity contribution >= 4 is 43.4 Å². The van der Waals surface area contributed by atoms with E-state index in [1.54, 1.807) is 0 Å². The Labute approximate surface area is 347 Å². The normalized spacial score (nSPS) is 12.9. The van der Waals surface area contributed by atoms with Gasteiger partial charge in [-0.1, -0.05) is 170 Å².